The molecule has 1 atom stereocenters. The fourth-order valence-electron chi connectivity index (χ4n) is 1.25. The molecule has 18 heavy (non-hydrogen) atoms. The molecule has 1 aromatic rings. The maximum atomic E-state index is 12.0. The molecule has 4 nitrogen and oxygen atoms in total. The van der Waals surface area contributed by atoms with Gasteiger partial charge in [-0.2, -0.15) is 0 Å². The molecule has 0 saturated carbocycles. The number of halogens is 1. The zero-order valence-electron chi connectivity index (χ0n) is 10.7. The molecule has 0 aliphatic carbocycles. The van der Waals surface area contributed by atoms with Crippen molar-refractivity contribution in [3.05, 3.63) is 21.3 Å². The Labute approximate surface area is 115 Å². The highest BCUT2D eigenvalue weighted by atomic mass is 35.5. The predicted octanol–water partition coefficient (Wildman–Crippen LogP) is 3.50. The summed E-state index contributed by atoms with van der Waals surface area (Å²) in [6.07, 6.45) is -0.616. The van der Waals surface area contributed by atoms with Crippen molar-refractivity contribution >= 4 is 34.8 Å². The third-order valence-corrected chi connectivity index (χ3v) is 3.18. The molecule has 1 heterocycles. The van der Waals surface area contributed by atoms with Gasteiger partial charge >= 0.3 is 6.09 Å². The molecular weight excluding hydrogens is 274 g/mol. The van der Waals surface area contributed by atoms with E-state index in [0.29, 0.717) is 9.90 Å². The number of nitrogens with one attached hydrogen (secondary N) is 1. The zero-order chi connectivity index (χ0) is 13.9. The van der Waals surface area contributed by atoms with Crippen molar-refractivity contribution in [1.29, 1.82) is 0 Å². The van der Waals surface area contributed by atoms with E-state index in [1.807, 2.05) is 0 Å². The second-order valence-corrected chi connectivity index (χ2v) is 6.36. The highest BCUT2D eigenvalue weighted by Gasteiger charge is 2.23. The maximum Gasteiger partial charge on any atom is 0.408 e. The summed E-state index contributed by atoms with van der Waals surface area (Å²) in [7, 11) is 0. The lowest BCUT2D eigenvalue weighted by Gasteiger charge is -2.21. The van der Waals surface area contributed by atoms with Crippen LogP contribution in [0.1, 0.15) is 38.1 Å². The Kier molecular flexibility index (Phi) is 4.76. The first kappa shape index (κ1) is 15.0. The standard InChI is InChI=1S/C12H16ClNO3S/c1-7(14-11(16)17-12(2,3)4)9(15)8-5-6-18-10(8)13/h5-7H,1-4H3,(H,14,16)/t7-/m0/s1. The molecule has 0 unspecified atom stereocenters. The second-order valence-electron chi connectivity index (χ2n) is 4.84. The molecule has 0 fully saturated rings. The molecule has 0 radical (unpaired) electrons. The smallest absolute Gasteiger partial charge is 0.408 e. The van der Waals surface area contributed by atoms with E-state index in [1.54, 1.807) is 39.1 Å². The van der Waals surface area contributed by atoms with Crippen LogP contribution < -0.4 is 5.32 Å². The molecular formula is C12H16ClNO3S. The lowest BCUT2D eigenvalue weighted by atomic mass is 10.1. The first-order valence-electron chi connectivity index (χ1n) is 5.47. The molecule has 0 spiro atoms. The number of Topliss-reactive ketones (excluding diaryl/α,β-unsaturated/α-hetero) is 1. The van der Waals surface area contributed by atoms with Crippen LogP contribution in [-0.4, -0.2) is 23.5 Å². The van der Waals surface area contributed by atoms with Gasteiger partial charge in [0.05, 0.1) is 6.04 Å². The molecule has 1 aromatic heterocycles. The number of carbonyl (C=O) groups is 2. The molecule has 0 aliphatic rings. The van der Waals surface area contributed by atoms with E-state index in [2.05, 4.69) is 5.32 Å². The molecule has 0 saturated heterocycles. The van der Waals surface area contributed by atoms with Gasteiger partial charge in [-0.05, 0) is 39.1 Å². The quantitative estimate of drug-likeness (QED) is 0.867. The van der Waals surface area contributed by atoms with Gasteiger partial charge in [0.2, 0.25) is 0 Å². The molecule has 0 aromatic carbocycles. The fraction of sp³-hybridized carbons (Fsp3) is 0.500. The molecule has 1 amide bonds. The number of ketones is 1. The van der Waals surface area contributed by atoms with Crippen LogP contribution in [-0.2, 0) is 4.74 Å². The van der Waals surface area contributed by atoms with Crippen LogP contribution in [0.25, 0.3) is 0 Å². The van der Waals surface area contributed by atoms with Gasteiger partial charge in [-0.15, -0.1) is 11.3 Å². The van der Waals surface area contributed by atoms with Crippen LogP contribution in [0.15, 0.2) is 11.4 Å². The molecule has 0 aliphatic heterocycles. The van der Waals surface area contributed by atoms with Crippen molar-refractivity contribution in [3.63, 3.8) is 0 Å². The maximum absolute atomic E-state index is 12.0. The van der Waals surface area contributed by atoms with E-state index in [4.69, 9.17) is 16.3 Å². The number of amides is 1. The van der Waals surface area contributed by atoms with Gasteiger partial charge in [-0.3, -0.25) is 4.79 Å². The minimum Gasteiger partial charge on any atom is -0.444 e. The molecule has 100 valence electrons. The highest BCUT2D eigenvalue weighted by Crippen LogP contribution is 2.23. The van der Waals surface area contributed by atoms with Crippen molar-refractivity contribution in [1.82, 2.24) is 5.32 Å². The van der Waals surface area contributed by atoms with Crippen LogP contribution in [0.3, 0.4) is 0 Å². The summed E-state index contributed by atoms with van der Waals surface area (Å²) in [6.45, 7) is 6.87. The molecule has 6 heteroatoms. The van der Waals surface area contributed by atoms with Crippen LogP contribution in [0.4, 0.5) is 4.79 Å². The number of hydrogen-bond acceptors (Lipinski definition) is 4. The van der Waals surface area contributed by atoms with Gasteiger partial charge in [-0.25, -0.2) is 4.79 Å². The van der Waals surface area contributed by atoms with E-state index >= 15 is 0 Å². The summed E-state index contributed by atoms with van der Waals surface area (Å²) in [5, 5.41) is 4.22. The van der Waals surface area contributed by atoms with E-state index in [9.17, 15) is 9.59 Å². The summed E-state index contributed by atoms with van der Waals surface area (Å²) in [6, 6.07) is 0.967. The fourth-order valence-corrected chi connectivity index (χ4v) is 2.18. The number of alkyl carbamates (subject to hydrolysis) is 1. The van der Waals surface area contributed by atoms with Crippen molar-refractivity contribution < 1.29 is 14.3 Å². The monoisotopic (exact) mass is 289 g/mol. The minimum absolute atomic E-state index is 0.230. The van der Waals surface area contributed by atoms with Crippen molar-refractivity contribution in [2.45, 2.75) is 39.3 Å². The topological polar surface area (TPSA) is 55.4 Å². The summed E-state index contributed by atoms with van der Waals surface area (Å²) in [4.78, 5) is 23.5. The normalized spacial score (nSPS) is 12.9. The second kappa shape index (κ2) is 5.71. The number of hydrogen-bond donors (Lipinski definition) is 1. The van der Waals surface area contributed by atoms with Crippen molar-refractivity contribution in [2.75, 3.05) is 0 Å². The Hall–Kier alpha value is -1.07. The zero-order valence-corrected chi connectivity index (χ0v) is 12.3. The number of ether oxygens (including phenoxy) is 1. The SMILES string of the molecule is C[C@H](NC(=O)OC(C)(C)C)C(=O)c1ccsc1Cl. The Morgan fingerprint density at radius 2 is 2.06 bits per heavy atom. The lowest BCUT2D eigenvalue weighted by molar-refractivity contribution is 0.0497. The summed E-state index contributed by atoms with van der Waals surface area (Å²) >= 11 is 7.16. The highest BCUT2D eigenvalue weighted by molar-refractivity contribution is 7.14. The Bertz CT molecular complexity index is 450. The van der Waals surface area contributed by atoms with E-state index in [0.717, 1.165) is 0 Å². The summed E-state index contributed by atoms with van der Waals surface area (Å²) in [5.41, 5.74) is -0.169. The Balaban J connectivity index is 2.61. The van der Waals surface area contributed by atoms with Gasteiger partial charge < -0.3 is 10.1 Å². The van der Waals surface area contributed by atoms with Crippen LogP contribution >= 0.6 is 22.9 Å². The number of thiophene rings is 1. The van der Waals surface area contributed by atoms with Crippen molar-refractivity contribution in [3.8, 4) is 0 Å². The van der Waals surface area contributed by atoms with Crippen LogP contribution in [0.2, 0.25) is 4.34 Å². The first-order valence-corrected chi connectivity index (χ1v) is 6.73. The predicted molar refractivity (Wildman–Crippen MR) is 72.5 cm³/mol. The molecule has 0 bridgehead atoms. The third-order valence-electron chi connectivity index (χ3n) is 2.01. The molecule has 1 N–H and O–H groups in total. The van der Waals surface area contributed by atoms with Gasteiger partial charge in [0.15, 0.2) is 5.78 Å². The van der Waals surface area contributed by atoms with Gasteiger partial charge in [-0.1, -0.05) is 11.6 Å². The van der Waals surface area contributed by atoms with E-state index in [-0.39, 0.29) is 5.78 Å². The van der Waals surface area contributed by atoms with Gasteiger partial charge in [0.1, 0.15) is 9.94 Å². The van der Waals surface area contributed by atoms with Crippen LogP contribution in [0.5, 0.6) is 0 Å². The largest absolute Gasteiger partial charge is 0.444 e. The number of rotatable bonds is 3. The average molecular weight is 290 g/mol. The molecule has 1 rings (SSSR count). The lowest BCUT2D eigenvalue weighted by Crippen LogP contribution is -2.41. The van der Waals surface area contributed by atoms with E-state index < -0.39 is 17.7 Å². The van der Waals surface area contributed by atoms with Gasteiger partial charge in [0, 0.05) is 5.56 Å². The van der Waals surface area contributed by atoms with Crippen LogP contribution in [0, 0.1) is 0 Å². The number of carbonyl (C=O) groups excluding carboxylic acids is 2. The third kappa shape index (κ3) is 4.31. The van der Waals surface area contributed by atoms with Gasteiger partial charge in [0.25, 0.3) is 0 Å². The first-order chi connectivity index (χ1) is 8.20. The minimum atomic E-state index is -0.674. The average Bonchev–Trinajstić information content (AvgIpc) is 2.60. The summed E-state index contributed by atoms with van der Waals surface area (Å²) < 4.78 is 5.50. The van der Waals surface area contributed by atoms with E-state index in [1.165, 1.54) is 11.3 Å². The summed E-state index contributed by atoms with van der Waals surface area (Å²) in [5.74, 6) is -0.230. The Morgan fingerprint density at radius 3 is 2.50 bits per heavy atom. The Morgan fingerprint density at radius 1 is 1.44 bits per heavy atom. The van der Waals surface area contributed by atoms with Crippen molar-refractivity contribution in [2.24, 2.45) is 0 Å².